The number of nitrogens with one attached hydrogen (secondary N) is 1. The smallest absolute Gasteiger partial charge is 0.239 e. The molecular weight excluding hydrogens is 192 g/mol. The van der Waals surface area contributed by atoms with Gasteiger partial charge >= 0.3 is 0 Å². The molecule has 0 saturated heterocycles. The summed E-state index contributed by atoms with van der Waals surface area (Å²) in [5, 5.41) is 7.44. The summed E-state index contributed by atoms with van der Waals surface area (Å²) in [6.45, 7) is 1.89. The summed E-state index contributed by atoms with van der Waals surface area (Å²) in [6, 6.07) is 0.0494. The molecule has 15 heavy (non-hydrogen) atoms. The first-order valence-corrected chi connectivity index (χ1v) is 5.13. The molecule has 1 amide bonds. The van der Waals surface area contributed by atoms with Crippen molar-refractivity contribution in [2.75, 3.05) is 0 Å². The van der Waals surface area contributed by atoms with E-state index in [9.17, 15) is 4.79 Å². The van der Waals surface area contributed by atoms with Crippen molar-refractivity contribution >= 4 is 5.91 Å². The first-order valence-electron chi connectivity index (χ1n) is 5.13. The normalized spacial score (nSPS) is 17.7. The zero-order chi connectivity index (χ0) is 11.0. The summed E-state index contributed by atoms with van der Waals surface area (Å²) in [5.41, 5.74) is 7.13. The van der Waals surface area contributed by atoms with E-state index >= 15 is 0 Å². The maximum Gasteiger partial charge on any atom is 0.239 e. The SMILES string of the molecule is Cc1nn(C)cc1C(NC1CC1)C(N)=O. The van der Waals surface area contributed by atoms with Crippen molar-refractivity contribution in [3.05, 3.63) is 17.5 Å². The van der Waals surface area contributed by atoms with E-state index in [0.29, 0.717) is 6.04 Å². The Morgan fingerprint density at radius 3 is 2.80 bits per heavy atom. The first-order chi connectivity index (χ1) is 7.08. The molecule has 1 aliphatic carbocycles. The van der Waals surface area contributed by atoms with Crippen LogP contribution in [0.4, 0.5) is 0 Å². The molecule has 1 aromatic rings. The van der Waals surface area contributed by atoms with Crippen LogP contribution in [-0.2, 0) is 11.8 Å². The molecular formula is C10H16N4O. The van der Waals surface area contributed by atoms with Gasteiger partial charge in [-0.15, -0.1) is 0 Å². The van der Waals surface area contributed by atoms with Gasteiger partial charge in [-0.3, -0.25) is 14.8 Å². The van der Waals surface area contributed by atoms with Gasteiger partial charge in [-0.25, -0.2) is 0 Å². The predicted octanol–water partition coefficient (Wildman–Crippen LogP) is 0.00692. The van der Waals surface area contributed by atoms with Gasteiger partial charge in [-0.05, 0) is 19.8 Å². The number of aromatic nitrogens is 2. The van der Waals surface area contributed by atoms with E-state index in [4.69, 9.17) is 5.73 Å². The molecule has 1 unspecified atom stereocenters. The molecule has 1 aliphatic rings. The highest BCUT2D eigenvalue weighted by Crippen LogP contribution is 2.25. The molecule has 0 aliphatic heterocycles. The Kier molecular flexibility index (Phi) is 2.48. The molecule has 1 aromatic heterocycles. The number of hydrogen-bond acceptors (Lipinski definition) is 3. The fourth-order valence-electron chi connectivity index (χ4n) is 1.71. The van der Waals surface area contributed by atoms with Crippen LogP contribution in [0, 0.1) is 6.92 Å². The van der Waals surface area contributed by atoms with Crippen molar-refractivity contribution in [2.24, 2.45) is 12.8 Å². The summed E-state index contributed by atoms with van der Waals surface area (Å²) in [4.78, 5) is 11.3. The third kappa shape index (κ3) is 2.18. The minimum Gasteiger partial charge on any atom is -0.368 e. The maximum atomic E-state index is 11.3. The highest BCUT2D eigenvalue weighted by atomic mass is 16.1. The van der Waals surface area contributed by atoms with Gasteiger partial charge in [0.2, 0.25) is 5.91 Å². The van der Waals surface area contributed by atoms with Crippen LogP contribution in [0.15, 0.2) is 6.20 Å². The van der Waals surface area contributed by atoms with Gasteiger partial charge in [0.15, 0.2) is 0 Å². The Morgan fingerprint density at radius 1 is 1.73 bits per heavy atom. The highest BCUT2D eigenvalue weighted by Gasteiger charge is 2.29. The van der Waals surface area contributed by atoms with Gasteiger partial charge in [-0.1, -0.05) is 0 Å². The Bertz CT molecular complexity index is 381. The van der Waals surface area contributed by atoms with Crippen LogP contribution in [-0.4, -0.2) is 21.7 Å². The number of carbonyl (C=O) groups is 1. The summed E-state index contributed by atoms with van der Waals surface area (Å²) < 4.78 is 1.70. The number of primary amides is 1. The Hall–Kier alpha value is -1.36. The van der Waals surface area contributed by atoms with Gasteiger partial charge in [0, 0.05) is 24.8 Å². The molecule has 0 bridgehead atoms. The van der Waals surface area contributed by atoms with Gasteiger partial charge in [0.25, 0.3) is 0 Å². The topological polar surface area (TPSA) is 72.9 Å². The lowest BCUT2D eigenvalue weighted by molar-refractivity contribution is -0.120. The van der Waals surface area contributed by atoms with E-state index in [-0.39, 0.29) is 5.91 Å². The Morgan fingerprint density at radius 2 is 2.40 bits per heavy atom. The number of aryl methyl sites for hydroxylation is 2. The van der Waals surface area contributed by atoms with Crippen LogP contribution >= 0.6 is 0 Å². The van der Waals surface area contributed by atoms with E-state index in [1.54, 1.807) is 4.68 Å². The van der Waals surface area contributed by atoms with E-state index in [0.717, 1.165) is 24.1 Å². The fourth-order valence-corrected chi connectivity index (χ4v) is 1.71. The number of nitrogens with two attached hydrogens (primary N) is 1. The fraction of sp³-hybridized carbons (Fsp3) is 0.600. The van der Waals surface area contributed by atoms with Crippen molar-refractivity contribution in [1.29, 1.82) is 0 Å². The monoisotopic (exact) mass is 208 g/mol. The molecule has 0 spiro atoms. The van der Waals surface area contributed by atoms with Crippen molar-refractivity contribution in [1.82, 2.24) is 15.1 Å². The van der Waals surface area contributed by atoms with Crippen LogP contribution in [0.25, 0.3) is 0 Å². The number of amides is 1. The van der Waals surface area contributed by atoms with Crippen molar-refractivity contribution in [2.45, 2.75) is 31.8 Å². The molecule has 0 radical (unpaired) electrons. The number of carbonyl (C=O) groups excluding carboxylic acids is 1. The van der Waals surface area contributed by atoms with E-state index < -0.39 is 6.04 Å². The zero-order valence-corrected chi connectivity index (χ0v) is 9.03. The minimum atomic E-state index is -0.397. The second kappa shape index (κ2) is 3.66. The van der Waals surface area contributed by atoms with Gasteiger partial charge in [-0.2, -0.15) is 5.10 Å². The van der Waals surface area contributed by atoms with Crippen LogP contribution in [0.5, 0.6) is 0 Å². The molecule has 1 saturated carbocycles. The van der Waals surface area contributed by atoms with Gasteiger partial charge < -0.3 is 5.73 Å². The third-order valence-electron chi connectivity index (χ3n) is 2.63. The van der Waals surface area contributed by atoms with Crippen LogP contribution < -0.4 is 11.1 Å². The Balaban J connectivity index is 2.22. The second-order valence-electron chi connectivity index (χ2n) is 4.12. The molecule has 82 valence electrons. The average molecular weight is 208 g/mol. The lowest BCUT2D eigenvalue weighted by Crippen LogP contribution is -2.35. The Labute approximate surface area is 88.6 Å². The van der Waals surface area contributed by atoms with Crippen LogP contribution in [0.1, 0.15) is 30.1 Å². The zero-order valence-electron chi connectivity index (χ0n) is 9.03. The summed E-state index contributed by atoms with van der Waals surface area (Å²) in [7, 11) is 1.84. The quantitative estimate of drug-likeness (QED) is 0.732. The molecule has 2 rings (SSSR count). The number of hydrogen-bond donors (Lipinski definition) is 2. The minimum absolute atomic E-state index is 0.335. The molecule has 3 N–H and O–H groups in total. The van der Waals surface area contributed by atoms with E-state index in [1.165, 1.54) is 0 Å². The molecule has 1 atom stereocenters. The van der Waals surface area contributed by atoms with Gasteiger partial charge in [0.05, 0.1) is 5.69 Å². The van der Waals surface area contributed by atoms with E-state index in [2.05, 4.69) is 10.4 Å². The van der Waals surface area contributed by atoms with Crippen LogP contribution in [0.2, 0.25) is 0 Å². The maximum absolute atomic E-state index is 11.3. The van der Waals surface area contributed by atoms with Crippen LogP contribution in [0.3, 0.4) is 0 Å². The number of rotatable bonds is 4. The molecule has 5 nitrogen and oxygen atoms in total. The number of nitrogens with zero attached hydrogens (tertiary/aromatic N) is 2. The predicted molar refractivity (Wildman–Crippen MR) is 56.0 cm³/mol. The average Bonchev–Trinajstić information content (AvgIpc) is 2.88. The third-order valence-corrected chi connectivity index (χ3v) is 2.63. The van der Waals surface area contributed by atoms with Gasteiger partial charge in [0.1, 0.15) is 6.04 Å². The molecule has 1 heterocycles. The summed E-state index contributed by atoms with van der Waals surface area (Å²) in [6.07, 6.45) is 4.10. The molecule has 1 fully saturated rings. The van der Waals surface area contributed by atoms with E-state index in [1.807, 2.05) is 20.2 Å². The first kappa shape index (κ1) is 10.2. The summed E-state index contributed by atoms with van der Waals surface area (Å²) >= 11 is 0. The lowest BCUT2D eigenvalue weighted by Gasteiger charge is -2.13. The standard InChI is InChI=1S/C10H16N4O/c1-6-8(5-14(2)13-6)9(10(11)15)12-7-3-4-7/h5,7,9,12H,3-4H2,1-2H3,(H2,11,15). The lowest BCUT2D eigenvalue weighted by atomic mass is 10.1. The van der Waals surface area contributed by atoms with Crippen molar-refractivity contribution in [3.63, 3.8) is 0 Å². The molecule has 0 aromatic carbocycles. The van der Waals surface area contributed by atoms with Crippen molar-refractivity contribution in [3.8, 4) is 0 Å². The van der Waals surface area contributed by atoms with Crippen molar-refractivity contribution < 1.29 is 4.79 Å². The molecule has 5 heteroatoms. The second-order valence-corrected chi connectivity index (χ2v) is 4.12. The highest BCUT2D eigenvalue weighted by molar-refractivity contribution is 5.81. The largest absolute Gasteiger partial charge is 0.368 e. The summed E-state index contributed by atoms with van der Waals surface area (Å²) in [5.74, 6) is -0.335.